The summed E-state index contributed by atoms with van der Waals surface area (Å²) in [5.74, 6) is 0.175. The number of piperazine rings is 1. The van der Waals surface area contributed by atoms with Crippen LogP contribution in [0.4, 0.5) is 0 Å². The normalized spacial score (nSPS) is 14.8. The number of carbonyl (C=O) groups is 2. The van der Waals surface area contributed by atoms with Gasteiger partial charge in [-0.2, -0.15) is 0 Å². The summed E-state index contributed by atoms with van der Waals surface area (Å²) in [4.78, 5) is 31.9. The summed E-state index contributed by atoms with van der Waals surface area (Å²) in [7, 11) is 0. The minimum Gasteiger partial charge on any atom is -0.362 e. The number of hydrogen-bond donors (Lipinski definition) is 1. The van der Waals surface area contributed by atoms with Crippen molar-refractivity contribution in [3.63, 3.8) is 0 Å². The van der Waals surface area contributed by atoms with E-state index in [1.807, 2.05) is 60.0 Å². The maximum Gasteiger partial charge on any atom is 0.255 e. The summed E-state index contributed by atoms with van der Waals surface area (Å²) in [5, 5.41) is 0. The fourth-order valence-electron chi connectivity index (χ4n) is 3.16. The Morgan fingerprint density at radius 1 is 1.00 bits per heavy atom. The smallest absolute Gasteiger partial charge is 0.255 e. The molecule has 2 heterocycles. The maximum atomic E-state index is 12.6. The standard InChI is InChI=1S/C19H23N3O2/c1-14-12-17(15(2)20-14)19(24)22-10-8-21(9-11-22)18(23)13-16-6-4-3-5-7-16/h3-7,12,20H,8-11,13H2,1-2H3. The number of aryl methyl sites for hydroxylation is 2. The molecule has 0 radical (unpaired) electrons. The molecular weight excluding hydrogens is 302 g/mol. The lowest BCUT2D eigenvalue weighted by atomic mass is 10.1. The van der Waals surface area contributed by atoms with Crippen molar-refractivity contribution in [2.24, 2.45) is 0 Å². The molecular formula is C19H23N3O2. The quantitative estimate of drug-likeness (QED) is 0.940. The van der Waals surface area contributed by atoms with Gasteiger partial charge in [0.25, 0.3) is 5.91 Å². The van der Waals surface area contributed by atoms with E-state index in [1.165, 1.54) is 0 Å². The van der Waals surface area contributed by atoms with E-state index in [2.05, 4.69) is 4.98 Å². The minimum absolute atomic E-state index is 0.0482. The zero-order valence-electron chi connectivity index (χ0n) is 14.2. The van der Waals surface area contributed by atoms with Gasteiger partial charge in [-0.3, -0.25) is 9.59 Å². The highest BCUT2D eigenvalue weighted by Gasteiger charge is 2.26. The summed E-state index contributed by atoms with van der Waals surface area (Å²) < 4.78 is 0. The molecule has 1 aromatic carbocycles. The van der Waals surface area contributed by atoms with Gasteiger partial charge in [0.05, 0.1) is 12.0 Å². The van der Waals surface area contributed by atoms with Crippen LogP contribution in [0.25, 0.3) is 0 Å². The first kappa shape index (κ1) is 16.3. The third kappa shape index (κ3) is 3.50. The molecule has 2 aromatic rings. The lowest BCUT2D eigenvalue weighted by molar-refractivity contribution is -0.131. The third-order valence-corrected chi connectivity index (χ3v) is 4.50. The average molecular weight is 325 g/mol. The lowest BCUT2D eigenvalue weighted by Gasteiger charge is -2.35. The van der Waals surface area contributed by atoms with Crippen molar-refractivity contribution in [1.29, 1.82) is 0 Å². The molecule has 1 aliphatic heterocycles. The number of aromatic nitrogens is 1. The van der Waals surface area contributed by atoms with E-state index in [-0.39, 0.29) is 11.8 Å². The first-order valence-corrected chi connectivity index (χ1v) is 8.32. The molecule has 3 rings (SSSR count). The second kappa shape index (κ2) is 6.91. The third-order valence-electron chi connectivity index (χ3n) is 4.50. The zero-order chi connectivity index (χ0) is 17.1. The van der Waals surface area contributed by atoms with Gasteiger partial charge in [-0.05, 0) is 25.5 Å². The van der Waals surface area contributed by atoms with Crippen LogP contribution in [0.5, 0.6) is 0 Å². The van der Waals surface area contributed by atoms with Crippen LogP contribution in [-0.4, -0.2) is 52.8 Å². The van der Waals surface area contributed by atoms with Gasteiger partial charge < -0.3 is 14.8 Å². The molecule has 0 bridgehead atoms. The molecule has 1 N–H and O–H groups in total. The summed E-state index contributed by atoms with van der Waals surface area (Å²) in [6.07, 6.45) is 0.422. The SMILES string of the molecule is Cc1cc(C(=O)N2CCN(C(=O)Cc3ccccc3)CC2)c(C)[nH]1. The highest BCUT2D eigenvalue weighted by atomic mass is 16.2. The number of nitrogens with zero attached hydrogens (tertiary/aromatic N) is 2. The first-order chi connectivity index (χ1) is 11.5. The monoisotopic (exact) mass is 325 g/mol. The maximum absolute atomic E-state index is 12.6. The van der Waals surface area contributed by atoms with Crippen molar-refractivity contribution in [3.05, 3.63) is 58.9 Å². The van der Waals surface area contributed by atoms with Crippen LogP contribution in [0, 0.1) is 13.8 Å². The summed E-state index contributed by atoms with van der Waals surface area (Å²) in [6, 6.07) is 11.7. The van der Waals surface area contributed by atoms with Crippen LogP contribution in [-0.2, 0) is 11.2 Å². The zero-order valence-corrected chi connectivity index (χ0v) is 14.2. The summed E-state index contributed by atoms with van der Waals surface area (Å²) >= 11 is 0. The second-order valence-corrected chi connectivity index (χ2v) is 6.33. The molecule has 5 heteroatoms. The van der Waals surface area contributed by atoms with Crippen LogP contribution < -0.4 is 0 Å². The molecule has 0 aliphatic carbocycles. The Balaban J connectivity index is 1.56. The highest BCUT2D eigenvalue weighted by molar-refractivity contribution is 5.95. The number of rotatable bonds is 3. The topological polar surface area (TPSA) is 56.4 Å². The molecule has 24 heavy (non-hydrogen) atoms. The van der Waals surface area contributed by atoms with E-state index >= 15 is 0 Å². The number of hydrogen-bond acceptors (Lipinski definition) is 2. The van der Waals surface area contributed by atoms with Crippen molar-refractivity contribution in [2.75, 3.05) is 26.2 Å². The van der Waals surface area contributed by atoms with Gasteiger partial charge in [0.1, 0.15) is 0 Å². The fourth-order valence-corrected chi connectivity index (χ4v) is 3.16. The fraction of sp³-hybridized carbons (Fsp3) is 0.368. The molecule has 126 valence electrons. The lowest BCUT2D eigenvalue weighted by Crippen LogP contribution is -2.51. The van der Waals surface area contributed by atoms with E-state index in [0.717, 1.165) is 22.5 Å². The van der Waals surface area contributed by atoms with E-state index < -0.39 is 0 Å². The predicted octanol–water partition coefficient (Wildman–Crippen LogP) is 2.16. The Morgan fingerprint density at radius 2 is 1.62 bits per heavy atom. The van der Waals surface area contributed by atoms with Crippen LogP contribution in [0.15, 0.2) is 36.4 Å². The molecule has 5 nitrogen and oxygen atoms in total. The van der Waals surface area contributed by atoms with Crippen molar-refractivity contribution in [3.8, 4) is 0 Å². The summed E-state index contributed by atoms with van der Waals surface area (Å²) in [6.45, 7) is 6.23. The van der Waals surface area contributed by atoms with Gasteiger partial charge in [-0.15, -0.1) is 0 Å². The van der Waals surface area contributed by atoms with Gasteiger partial charge in [0.15, 0.2) is 0 Å². The molecule has 0 unspecified atom stereocenters. The Labute approximate surface area is 142 Å². The number of amides is 2. The molecule has 1 saturated heterocycles. The predicted molar refractivity (Wildman–Crippen MR) is 92.9 cm³/mol. The Bertz CT molecular complexity index is 728. The number of carbonyl (C=O) groups excluding carboxylic acids is 2. The van der Waals surface area contributed by atoms with Crippen molar-refractivity contribution < 1.29 is 9.59 Å². The van der Waals surface area contributed by atoms with E-state index in [1.54, 1.807) is 0 Å². The van der Waals surface area contributed by atoms with Crippen molar-refractivity contribution in [2.45, 2.75) is 20.3 Å². The number of aromatic amines is 1. The van der Waals surface area contributed by atoms with Crippen molar-refractivity contribution in [1.82, 2.24) is 14.8 Å². The van der Waals surface area contributed by atoms with Gasteiger partial charge in [0, 0.05) is 37.6 Å². The number of nitrogens with one attached hydrogen (secondary N) is 1. The molecule has 1 fully saturated rings. The Morgan fingerprint density at radius 3 is 2.21 bits per heavy atom. The van der Waals surface area contributed by atoms with Gasteiger partial charge in [-0.1, -0.05) is 30.3 Å². The van der Waals surface area contributed by atoms with Crippen LogP contribution >= 0.6 is 0 Å². The first-order valence-electron chi connectivity index (χ1n) is 8.32. The average Bonchev–Trinajstić information content (AvgIpc) is 2.93. The minimum atomic E-state index is 0.0482. The molecule has 1 aliphatic rings. The molecule has 0 saturated carbocycles. The van der Waals surface area contributed by atoms with E-state index in [9.17, 15) is 9.59 Å². The van der Waals surface area contributed by atoms with Gasteiger partial charge >= 0.3 is 0 Å². The number of benzene rings is 1. The second-order valence-electron chi connectivity index (χ2n) is 6.33. The molecule has 0 atom stereocenters. The highest BCUT2D eigenvalue weighted by Crippen LogP contribution is 2.15. The van der Waals surface area contributed by atoms with Crippen LogP contribution in [0.3, 0.4) is 0 Å². The van der Waals surface area contributed by atoms with Crippen LogP contribution in [0.2, 0.25) is 0 Å². The van der Waals surface area contributed by atoms with Gasteiger partial charge in [0.2, 0.25) is 5.91 Å². The summed E-state index contributed by atoms with van der Waals surface area (Å²) in [5.41, 5.74) is 3.66. The Kier molecular flexibility index (Phi) is 4.69. The van der Waals surface area contributed by atoms with Crippen LogP contribution in [0.1, 0.15) is 27.3 Å². The molecule has 1 aromatic heterocycles. The van der Waals surface area contributed by atoms with E-state index in [4.69, 9.17) is 0 Å². The Hall–Kier alpha value is -2.56. The van der Waals surface area contributed by atoms with Crippen molar-refractivity contribution >= 4 is 11.8 Å². The number of H-pyrrole nitrogens is 1. The molecule has 0 spiro atoms. The largest absolute Gasteiger partial charge is 0.362 e. The van der Waals surface area contributed by atoms with E-state index in [0.29, 0.717) is 32.6 Å². The molecule has 2 amide bonds. The van der Waals surface area contributed by atoms with Gasteiger partial charge in [-0.25, -0.2) is 0 Å².